The van der Waals surface area contributed by atoms with Crippen molar-refractivity contribution in [1.29, 1.82) is 0 Å². The molecule has 18 heavy (non-hydrogen) atoms. The first-order valence-electron chi connectivity index (χ1n) is 4.19. The van der Waals surface area contributed by atoms with Gasteiger partial charge in [-0.3, -0.25) is 0 Å². The Hall–Kier alpha value is -0.760. The SMILES string of the molecule is FC(F)(F)C(Cl)=Nc1cc(Br)cc(C(F)(F)F)c1. The zero-order valence-corrected chi connectivity index (χ0v) is 10.5. The molecule has 0 aliphatic rings. The second-order valence-electron chi connectivity index (χ2n) is 3.10. The molecule has 0 saturated carbocycles. The molecule has 0 aromatic heterocycles. The van der Waals surface area contributed by atoms with Crippen LogP contribution in [-0.4, -0.2) is 11.3 Å². The molecule has 0 amide bonds. The first kappa shape index (κ1) is 15.3. The van der Waals surface area contributed by atoms with Crippen molar-refractivity contribution in [2.24, 2.45) is 4.99 Å². The summed E-state index contributed by atoms with van der Waals surface area (Å²) in [5, 5.41) is -1.74. The number of aliphatic imine (C=N–C) groups is 1. The van der Waals surface area contributed by atoms with Gasteiger partial charge in [0.25, 0.3) is 0 Å². The van der Waals surface area contributed by atoms with Crippen molar-refractivity contribution in [2.45, 2.75) is 12.4 Å². The summed E-state index contributed by atoms with van der Waals surface area (Å²) in [7, 11) is 0. The molecule has 0 heterocycles. The van der Waals surface area contributed by atoms with Gasteiger partial charge in [-0.1, -0.05) is 27.5 Å². The lowest BCUT2D eigenvalue weighted by Crippen LogP contribution is -2.16. The van der Waals surface area contributed by atoms with E-state index in [2.05, 4.69) is 20.9 Å². The maximum atomic E-state index is 12.4. The van der Waals surface area contributed by atoms with Gasteiger partial charge in [0.1, 0.15) is 0 Å². The van der Waals surface area contributed by atoms with Crippen molar-refractivity contribution >= 4 is 38.4 Å². The van der Waals surface area contributed by atoms with Gasteiger partial charge in [-0.25, -0.2) is 4.99 Å². The summed E-state index contributed by atoms with van der Waals surface area (Å²) in [5.74, 6) is 0. The van der Waals surface area contributed by atoms with Crippen molar-refractivity contribution in [3.8, 4) is 0 Å². The third kappa shape index (κ3) is 4.16. The van der Waals surface area contributed by atoms with E-state index in [-0.39, 0.29) is 4.47 Å². The maximum absolute atomic E-state index is 12.4. The monoisotopic (exact) mass is 353 g/mol. The Morgan fingerprint density at radius 1 is 1.06 bits per heavy atom. The molecule has 1 nitrogen and oxygen atoms in total. The van der Waals surface area contributed by atoms with Crippen LogP contribution >= 0.6 is 27.5 Å². The predicted molar refractivity (Wildman–Crippen MR) is 58.1 cm³/mol. The lowest BCUT2D eigenvalue weighted by atomic mass is 10.2. The van der Waals surface area contributed by atoms with Crippen molar-refractivity contribution in [2.75, 3.05) is 0 Å². The average molecular weight is 354 g/mol. The van der Waals surface area contributed by atoms with Crippen LogP contribution < -0.4 is 0 Å². The van der Waals surface area contributed by atoms with E-state index in [9.17, 15) is 26.3 Å². The lowest BCUT2D eigenvalue weighted by Gasteiger charge is -2.09. The van der Waals surface area contributed by atoms with Gasteiger partial charge < -0.3 is 0 Å². The van der Waals surface area contributed by atoms with Crippen molar-refractivity contribution in [3.05, 3.63) is 28.2 Å². The number of benzene rings is 1. The van der Waals surface area contributed by atoms with E-state index in [4.69, 9.17) is 11.6 Å². The molecule has 0 bridgehead atoms. The number of halogens is 8. The van der Waals surface area contributed by atoms with Crippen LogP contribution in [0.5, 0.6) is 0 Å². The molecular formula is C9H3BrClF6N. The van der Waals surface area contributed by atoms with E-state index in [0.29, 0.717) is 6.07 Å². The summed E-state index contributed by atoms with van der Waals surface area (Å²) in [5.41, 5.74) is -1.67. The highest BCUT2D eigenvalue weighted by Crippen LogP contribution is 2.35. The number of hydrogen-bond acceptors (Lipinski definition) is 1. The largest absolute Gasteiger partial charge is 0.444 e. The van der Waals surface area contributed by atoms with Crippen LogP contribution in [0.3, 0.4) is 0 Å². The molecule has 0 radical (unpaired) electrons. The molecule has 1 aromatic rings. The van der Waals surface area contributed by atoms with Crippen LogP contribution in [0.1, 0.15) is 5.56 Å². The second kappa shape index (κ2) is 5.08. The van der Waals surface area contributed by atoms with E-state index in [1.54, 1.807) is 0 Å². The highest BCUT2D eigenvalue weighted by atomic mass is 79.9. The molecule has 1 aromatic carbocycles. The van der Waals surface area contributed by atoms with Gasteiger partial charge >= 0.3 is 12.4 Å². The fourth-order valence-electron chi connectivity index (χ4n) is 0.979. The number of hydrogen-bond donors (Lipinski definition) is 0. The molecule has 0 spiro atoms. The number of nitrogens with zero attached hydrogens (tertiary/aromatic N) is 1. The van der Waals surface area contributed by atoms with E-state index >= 15 is 0 Å². The molecule has 0 aliphatic carbocycles. The first-order valence-corrected chi connectivity index (χ1v) is 5.36. The topological polar surface area (TPSA) is 12.4 Å². The summed E-state index contributed by atoms with van der Waals surface area (Å²) >= 11 is 7.59. The summed E-state index contributed by atoms with van der Waals surface area (Å²) in [6.07, 6.45) is -9.58. The zero-order valence-electron chi connectivity index (χ0n) is 8.20. The van der Waals surface area contributed by atoms with Crippen molar-refractivity contribution < 1.29 is 26.3 Å². The molecule has 100 valence electrons. The molecule has 0 saturated heterocycles. The maximum Gasteiger partial charge on any atom is 0.444 e. The van der Waals surface area contributed by atoms with Gasteiger partial charge in [0.15, 0.2) is 0 Å². The lowest BCUT2D eigenvalue weighted by molar-refractivity contribution is -0.137. The van der Waals surface area contributed by atoms with Crippen molar-refractivity contribution in [1.82, 2.24) is 0 Å². The van der Waals surface area contributed by atoms with Crippen LogP contribution in [0.25, 0.3) is 0 Å². The van der Waals surface area contributed by atoms with Gasteiger partial charge in [0.05, 0.1) is 11.3 Å². The first-order chi connectivity index (χ1) is 8.00. The molecule has 9 heteroatoms. The molecule has 0 aliphatic heterocycles. The second-order valence-corrected chi connectivity index (χ2v) is 4.37. The fourth-order valence-corrected chi connectivity index (χ4v) is 1.56. The Bertz CT molecular complexity index is 479. The predicted octanol–water partition coefficient (Wildman–Crippen LogP) is 5.30. The number of alkyl halides is 6. The minimum absolute atomic E-state index is 0.0530. The Balaban J connectivity index is 3.24. The summed E-state index contributed by atoms with van der Waals surface area (Å²) in [6, 6.07) is 2.18. The molecule has 0 fully saturated rings. The summed E-state index contributed by atoms with van der Waals surface area (Å²) in [6.45, 7) is 0. The van der Waals surface area contributed by atoms with E-state index in [1.165, 1.54) is 0 Å². The van der Waals surface area contributed by atoms with Crippen molar-refractivity contribution in [3.63, 3.8) is 0 Å². The van der Waals surface area contributed by atoms with Crippen LogP contribution in [0.4, 0.5) is 32.0 Å². The zero-order chi connectivity index (χ0) is 14.1. The van der Waals surface area contributed by atoms with Gasteiger partial charge in [-0.2, -0.15) is 26.3 Å². The summed E-state index contributed by atoms with van der Waals surface area (Å²) in [4.78, 5) is 2.89. The van der Waals surface area contributed by atoms with Gasteiger partial charge in [-0.05, 0) is 18.2 Å². The Morgan fingerprint density at radius 2 is 1.61 bits per heavy atom. The fraction of sp³-hybridized carbons (Fsp3) is 0.222. The molecule has 0 unspecified atom stereocenters. The van der Waals surface area contributed by atoms with Gasteiger partial charge in [-0.15, -0.1) is 0 Å². The van der Waals surface area contributed by atoms with Crippen LogP contribution in [0.2, 0.25) is 0 Å². The van der Waals surface area contributed by atoms with Crippen LogP contribution in [0, 0.1) is 0 Å². The standard InChI is InChI=1S/C9H3BrClF6N/c10-5-1-4(8(12,13)14)2-6(3-5)18-7(11)9(15,16)17/h1-3H. The molecule has 0 N–H and O–H groups in total. The summed E-state index contributed by atoms with van der Waals surface area (Å²) < 4.78 is 73.4. The normalized spacial score (nSPS) is 13.9. The van der Waals surface area contributed by atoms with E-state index in [1.807, 2.05) is 0 Å². The number of rotatable bonds is 1. The third-order valence-corrected chi connectivity index (χ3v) is 2.43. The van der Waals surface area contributed by atoms with Gasteiger partial charge in [0, 0.05) is 4.47 Å². The quantitative estimate of drug-likeness (QED) is 0.479. The Labute approximate surface area is 111 Å². The minimum atomic E-state index is -4.90. The molecular weight excluding hydrogens is 351 g/mol. The van der Waals surface area contributed by atoms with Crippen LogP contribution in [-0.2, 0) is 6.18 Å². The minimum Gasteiger partial charge on any atom is -0.232 e. The highest BCUT2D eigenvalue weighted by molar-refractivity contribution is 9.10. The highest BCUT2D eigenvalue weighted by Gasteiger charge is 2.35. The molecule has 0 atom stereocenters. The third-order valence-electron chi connectivity index (χ3n) is 1.67. The van der Waals surface area contributed by atoms with E-state index < -0.39 is 28.8 Å². The van der Waals surface area contributed by atoms with Crippen LogP contribution in [0.15, 0.2) is 27.7 Å². The smallest absolute Gasteiger partial charge is 0.232 e. The van der Waals surface area contributed by atoms with Gasteiger partial charge in [0.2, 0.25) is 5.17 Å². The molecule has 1 rings (SSSR count). The Kier molecular flexibility index (Phi) is 4.32. The Morgan fingerprint density at radius 3 is 2.06 bits per heavy atom. The van der Waals surface area contributed by atoms with E-state index in [0.717, 1.165) is 12.1 Å². The average Bonchev–Trinajstić information content (AvgIpc) is 2.13.